The van der Waals surface area contributed by atoms with Crippen molar-refractivity contribution >= 4 is 0 Å². The van der Waals surface area contributed by atoms with Gasteiger partial charge >= 0.3 is 0 Å². The maximum Gasteiger partial charge on any atom is 0.0793 e. The molecule has 0 saturated carbocycles. The van der Waals surface area contributed by atoms with E-state index < -0.39 is 0 Å². The number of rotatable bonds is 5. The Morgan fingerprint density at radius 2 is 2.15 bits per heavy atom. The number of likely N-dealkylation sites (N-methyl/N-ethyl adjacent to an activating group) is 1. The Balaban J connectivity index is 2.30. The Morgan fingerprint density at radius 1 is 1.54 bits per heavy atom. The number of likely N-dealkylation sites (tertiary alicyclic amines) is 1. The van der Waals surface area contributed by atoms with Crippen LogP contribution >= 0.6 is 0 Å². The third-order valence-electron chi connectivity index (χ3n) is 2.92. The molecule has 3 heteroatoms. The fraction of sp³-hybridized carbons (Fsp3) is 1.00. The number of nitrogens with one attached hydrogen (secondary N) is 1. The third kappa shape index (κ3) is 2.93. The van der Waals surface area contributed by atoms with Crippen molar-refractivity contribution in [2.24, 2.45) is 0 Å². The van der Waals surface area contributed by atoms with Gasteiger partial charge in [-0.1, -0.05) is 13.3 Å². The van der Waals surface area contributed by atoms with E-state index in [-0.39, 0.29) is 11.6 Å². The summed E-state index contributed by atoms with van der Waals surface area (Å²) in [6.45, 7) is 7.21. The van der Waals surface area contributed by atoms with E-state index in [0.29, 0.717) is 0 Å². The molecule has 0 aliphatic carbocycles. The molecule has 0 aromatic rings. The van der Waals surface area contributed by atoms with Crippen LogP contribution in [0.1, 0.15) is 26.7 Å². The van der Waals surface area contributed by atoms with Crippen molar-refractivity contribution in [3.8, 4) is 0 Å². The highest BCUT2D eigenvalue weighted by atomic mass is 16.3. The Hall–Kier alpha value is -0.120. The number of β-amino-alcohol motifs (C(OH)–C–C–N with tert-alkyl or cyclic N) is 1. The molecule has 3 nitrogen and oxygen atoms in total. The monoisotopic (exact) mass is 186 g/mol. The first kappa shape index (κ1) is 11.0. The van der Waals surface area contributed by atoms with Gasteiger partial charge in [-0.2, -0.15) is 0 Å². The lowest BCUT2D eigenvalue weighted by molar-refractivity contribution is -0.0125. The highest BCUT2D eigenvalue weighted by Gasteiger charge is 2.31. The predicted molar refractivity (Wildman–Crippen MR) is 54.8 cm³/mol. The number of aliphatic hydroxyl groups is 1. The van der Waals surface area contributed by atoms with E-state index >= 15 is 0 Å². The van der Waals surface area contributed by atoms with Crippen molar-refractivity contribution in [2.45, 2.75) is 38.3 Å². The van der Waals surface area contributed by atoms with Gasteiger partial charge in [0, 0.05) is 25.2 Å². The van der Waals surface area contributed by atoms with Gasteiger partial charge in [0.25, 0.3) is 0 Å². The van der Waals surface area contributed by atoms with Crippen LogP contribution in [0, 0.1) is 0 Å². The summed E-state index contributed by atoms with van der Waals surface area (Å²) in [5.41, 5.74) is 0.217. The molecule has 1 saturated heterocycles. The fourth-order valence-electron chi connectivity index (χ4n) is 2.00. The van der Waals surface area contributed by atoms with Gasteiger partial charge in [-0.15, -0.1) is 0 Å². The molecule has 13 heavy (non-hydrogen) atoms. The van der Waals surface area contributed by atoms with Crippen molar-refractivity contribution in [3.63, 3.8) is 0 Å². The molecule has 78 valence electrons. The molecule has 1 heterocycles. The normalized spacial score (nSPS) is 24.0. The average molecular weight is 186 g/mol. The summed E-state index contributed by atoms with van der Waals surface area (Å²) in [6, 6.07) is 0. The molecule has 0 spiro atoms. The van der Waals surface area contributed by atoms with Crippen LogP contribution in [0.5, 0.6) is 0 Å². The Bertz CT molecular complexity index is 157. The molecule has 0 aromatic heterocycles. The van der Waals surface area contributed by atoms with Gasteiger partial charge < -0.3 is 10.4 Å². The molecular formula is C10H22N2O. The zero-order valence-corrected chi connectivity index (χ0v) is 9.01. The first-order chi connectivity index (χ1) is 6.09. The van der Waals surface area contributed by atoms with Crippen LogP contribution < -0.4 is 5.32 Å². The second-order valence-electron chi connectivity index (χ2n) is 4.41. The predicted octanol–water partition coefficient (Wildman–Crippen LogP) is 0.441. The Morgan fingerprint density at radius 3 is 2.54 bits per heavy atom. The lowest BCUT2D eigenvalue weighted by atomic mass is 9.94. The minimum absolute atomic E-state index is 0.0808. The highest BCUT2D eigenvalue weighted by molar-refractivity contribution is 4.90. The van der Waals surface area contributed by atoms with E-state index in [1.165, 1.54) is 12.8 Å². The minimum Gasteiger partial charge on any atom is -0.390 e. The summed E-state index contributed by atoms with van der Waals surface area (Å²) < 4.78 is 0. The van der Waals surface area contributed by atoms with Gasteiger partial charge in [0.15, 0.2) is 0 Å². The van der Waals surface area contributed by atoms with Crippen molar-refractivity contribution < 1.29 is 5.11 Å². The van der Waals surface area contributed by atoms with Gasteiger partial charge in [-0.05, 0) is 20.4 Å². The summed E-state index contributed by atoms with van der Waals surface area (Å²) in [7, 11) is 2.02. The van der Waals surface area contributed by atoms with E-state index in [9.17, 15) is 0 Å². The molecule has 0 radical (unpaired) electrons. The molecule has 1 fully saturated rings. The van der Waals surface area contributed by atoms with E-state index in [1.807, 2.05) is 7.05 Å². The van der Waals surface area contributed by atoms with Crippen LogP contribution in [0.15, 0.2) is 0 Å². The molecule has 0 aromatic carbocycles. The number of hydrogen-bond donors (Lipinski definition) is 2. The molecule has 1 rings (SSSR count). The van der Waals surface area contributed by atoms with Gasteiger partial charge in [-0.3, -0.25) is 4.90 Å². The first-order valence-corrected chi connectivity index (χ1v) is 5.19. The third-order valence-corrected chi connectivity index (χ3v) is 2.92. The van der Waals surface area contributed by atoms with Crippen LogP contribution in [0.3, 0.4) is 0 Å². The second kappa shape index (κ2) is 4.40. The number of aliphatic hydroxyl groups excluding tert-OH is 1. The maximum absolute atomic E-state index is 9.16. The molecule has 2 N–H and O–H groups in total. The number of nitrogens with zero attached hydrogens (tertiary/aromatic N) is 1. The van der Waals surface area contributed by atoms with Crippen molar-refractivity contribution in [1.29, 1.82) is 0 Å². The molecule has 1 aliphatic rings. The van der Waals surface area contributed by atoms with Gasteiger partial charge in [0.05, 0.1) is 6.10 Å². The SMILES string of the molecule is CCC[C@@](C)(CN1CC(O)C1)NC. The summed E-state index contributed by atoms with van der Waals surface area (Å²) >= 11 is 0. The fourth-order valence-corrected chi connectivity index (χ4v) is 2.00. The van der Waals surface area contributed by atoms with Crippen LogP contribution in [-0.4, -0.2) is 48.3 Å². The number of hydrogen-bond acceptors (Lipinski definition) is 3. The zero-order valence-electron chi connectivity index (χ0n) is 9.01. The standard InChI is InChI=1S/C10H22N2O/c1-4-5-10(2,11-3)8-12-6-9(13)7-12/h9,11,13H,4-8H2,1-3H3/t10-/m0/s1. The van der Waals surface area contributed by atoms with Crippen LogP contribution in [0.25, 0.3) is 0 Å². The molecule has 1 aliphatic heterocycles. The van der Waals surface area contributed by atoms with E-state index in [2.05, 4.69) is 24.1 Å². The second-order valence-corrected chi connectivity index (χ2v) is 4.41. The smallest absolute Gasteiger partial charge is 0.0793 e. The quantitative estimate of drug-likeness (QED) is 0.654. The van der Waals surface area contributed by atoms with Gasteiger partial charge in [0.1, 0.15) is 0 Å². The van der Waals surface area contributed by atoms with Crippen LogP contribution in [-0.2, 0) is 0 Å². The molecular weight excluding hydrogens is 164 g/mol. The van der Waals surface area contributed by atoms with Crippen LogP contribution in [0.2, 0.25) is 0 Å². The van der Waals surface area contributed by atoms with E-state index in [1.54, 1.807) is 0 Å². The van der Waals surface area contributed by atoms with Crippen molar-refractivity contribution in [3.05, 3.63) is 0 Å². The van der Waals surface area contributed by atoms with E-state index in [4.69, 9.17) is 5.11 Å². The minimum atomic E-state index is -0.0808. The summed E-state index contributed by atoms with van der Waals surface area (Å²) in [4.78, 5) is 2.30. The lowest BCUT2D eigenvalue weighted by Crippen LogP contribution is -2.58. The largest absolute Gasteiger partial charge is 0.390 e. The van der Waals surface area contributed by atoms with Gasteiger partial charge in [-0.25, -0.2) is 0 Å². The molecule has 1 atom stereocenters. The van der Waals surface area contributed by atoms with E-state index in [0.717, 1.165) is 19.6 Å². The summed E-state index contributed by atoms with van der Waals surface area (Å²) in [5.74, 6) is 0. The molecule has 0 unspecified atom stereocenters. The topological polar surface area (TPSA) is 35.5 Å². The lowest BCUT2D eigenvalue weighted by Gasteiger charge is -2.42. The molecule has 0 amide bonds. The first-order valence-electron chi connectivity index (χ1n) is 5.19. The Labute approximate surface area is 81.1 Å². The van der Waals surface area contributed by atoms with Crippen molar-refractivity contribution in [1.82, 2.24) is 10.2 Å². The maximum atomic E-state index is 9.16. The summed E-state index contributed by atoms with van der Waals surface area (Å²) in [5, 5.41) is 12.5. The zero-order chi connectivity index (χ0) is 9.90. The average Bonchev–Trinajstić information content (AvgIpc) is 2.02. The highest BCUT2D eigenvalue weighted by Crippen LogP contribution is 2.17. The molecule has 0 bridgehead atoms. The van der Waals surface area contributed by atoms with Crippen molar-refractivity contribution in [2.75, 3.05) is 26.7 Å². The Kier molecular flexibility index (Phi) is 3.71. The van der Waals surface area contributed by atoms with Crippen LogP contribution in [0.4, 0.5) is 0 Å². The van der Waals surface area contributed by atoms with Gasteiger partial charge in [0.2, 0.25) is 0 Å². The summed E-state index contributed by atoms with van der Waals surface area (Å²) in [6.07, 6.45) is 2.31.